The van der Waals surface area contributed by atoms with Crippen LogP contribution in [0.2, 0.25) is 0 Å². The fraction of sp³-hybridized carbons (Fsp3) is 1.00. The molecule has 1 nitrogen and oxygen atoms in total. The van der Waals surface area contributed by atoms with Crippen LogP contribution in [0.3, 0.4) is 0 Å². The lowest BCUT2D eigenvalue weighted by Gasteiger charge is -2.31. The van der Waals surface area contributed by atoms with Crippen LogP contribution in [-0.2, 0) is 0 Å². The van der Waals surface area contributed by atoms with Crippen molar-refractivity contribution >= 4 is 0 Å². The van der Waals surface area contributed by atoms with Crippen LogP contribution >= 0.6 is 0 Å². The number of rotatable bonds is 1. The minimum absolute atomic E-state index is 0.536. The molecule has 2 aliphatic rings. The van der Waals surface area contributed by atoms with Crippen LogP contribution in [0.15, 0.2) is 0 Å². The standard InChI is InChI=1S/C10H19N/c1-6(2)9-7-3-4-8(5-7)10(9)11/h6-10H,3-5,11H2,1-2H3/t7-,8+,9-,10-/m1/s1. The van der Waals surface area contributed by atoms with Gasteiger partial charge in [-0.15, -0.1) is 0 Å². The van der Waals surface area contributed by atoms with Crippen LogP contribution in [0.4, 0.5) is 0 Å². The Bertz CT molecular complexity index is 151. The fourth-order valence-electron chi connectivity index (χ4n) is 3.37. The zero-order chi connectivity index (χ0) is 8.01. The molecule has 64 valence electrons. The number of hydrogen-bond donors (Lipinski definition) is 1. The number of nitrogens with two attached hydrogens (primary N) is 1. The average Bonchev–Trinajstić information content (AvgIpc) is 2.44. The molecule has 2 N–H and O–H groups in total. The van der Waals surface area contributed by atoms with Crippen molar-refractivity contribution in [2.24, 2.45) is 29.4 Å². The maximum Gasteiger partial charge on any atom is 0.0101 e. The van der Waals surface area contributed by atoms with Gasteiger partial charge in [0, 0.05) is 6.04 Å². The van der Waals surface area contributed by atoms with Gasteiger partial charge in [-0.1, -0.05) is 13.8 Å². The summed E-state index contributed by atoms with van der Waals surface area (Å²) in [6.07, 6.45) is 4.31. The Balaban J connectivity index is 2.11. The zero-order valence-corrected chi connectivity index (χ0v) is 7.59. The SMILES string of the molecule is CC(C)[C@@H]1[C@@H]2CC[C@@H](C2)[C@H]1N. The third-order valence-corrected chi connectivity index (χ3v) is 3.82. The van der Waals surface area contributed by atoms with Crippen molar-refractivity contribution in [3.8, 4) is 0 Å². The molecule has 2 rings (SSSR count). The van der Waals surface area contributed by atoms with E-state index in [0.29, 0.717) is 6.04 Å². The second kappa shape index (κ2) is 2.48. The Morgan fingerprint density at radius 3 is 2.18 bits per heavy atom. The van der Waals surface area contributed by atoms with E-state index in [1.807, 2.05) is 0 Å². The largest absolute Gasteiger partial charge is 0.327 e. The summed E-state index contributed by atoms with van der Waals surface area (Å²) < 4.78 is 0. The number of hydrogen-bond acceptors (Lipinski definition) is 1. The molecule has 0 aliphatic heterocycles. The minimum Gasteiger partial charge on any atom is -0.327 e. The summed E-state index contributed by atoms with van der Waals surface area (Å²) in [7, 11) is 0. The van der Waals surface area contributed by atoms with Gasteiger partial charge >= 0.3 is 0 Å². The second-order valence-electron chi connectivity index (χ2n) is 4.73. The molecule has 2 bridgehead atoms. The van der Waals surface area contributed by atoms with E-state index in [-0.39, 0.29) is 0 Å². The Morgan fingerprint density at radius 1 is 1.18 bits per heavy atom. The highest BCUT2D eigenvalue weighted by Crippen LogP contribution is 2.50. The Morgan fingerprint density at radius 2 is 1.82 bits per heavy atom. The quantitative estimate of drug-likeness (QED) is 0.612. The van der Waals surface area contributed by atoms with Crippen LogP contribution in [0, 0.1) is 23.7 Å². The topological polar surface area (TPSA) is 26.0 Å². The molecule has 0 radical (unpaired) electrons. The van der Waals surface area contributed by atoms with E-state index < -0.39 is 0 Å². The van der Waals surface area contributed by atoms with Gasteiger partial charge in [0.05, 0.1) is 0 Å². The molecule has 0 aromatic heterocycles. The van der Waals surface area contributed by atoms with Crippen LogP contribution in [0.25, 0.3) is 0 Å². The van der Waals surface area contributed by atoms with Crippen LogP contribution in [0.5, 0.6) is 0 Å². The summed E-state index contributed by atoms with van der Waals surface area (Å²) in [5.74, 6) is 3.51. The first kappa shape index (κ1) is 7.60. The monoisotopic (exact) mass is 153 g/mol. The lowest BCUT2D eigenvalue weighted by atomic mass is 9.78. The fourth-order valence-corrected chi connectivity index (χ4v) is 3.37. The van der Waals surface area contributed by atoms with Crippen molar-refractivity contribution < 1.29 is 0 Å². The summed E-state index contributed by atoms with van der Waals surface area (Å²) in [6.45, 7) is 4.65. The van der Waals surface area contributed by atoms with Gasteiger partial charge < -0.3 is 5.73 Å². The van der Waals surface area contributed by atoms with E-state index in [1.54, 1.807) is 0 Å². The van der Waals surface area contributed by atoms with Gasteiger partial charge in [-0.2, -0.15) is 0 Å². The molecule has 0 aromatic carbocycles. The molecule has 0 amide bonds. The molecule has 0 saturated heterocycles. The molecule has 0 unspecified atom stereocenters. The van der Waals surface area contributed by atoms with Crippen LogP contribution < -0.4 is 5.73 Å². The van der Waals surface area contributed by atoms with Crippen molar-refractivity contribution in [3.63, 3.8) is 0 Å². The summed E-state index contributed by atoms with van der Waals surface area (Å²) in [6, 6.07) is 0.536. The van der Waals surface area contributed by atoms with E-state index in [2.05, 4.69) is 13.8 Å². The molecule has 4 atom stereocenters. The van der Waals surface area contributed by atoms with E-state index in [0.717, 1.165) is 23.7 Å². The maximum absolute atomic E-state index is 6.17. The average molecular weight is 153 g/mol. The molecular weight excluding hydrogens is 134 g/mol. The van der Waals surface area contributed by atoms with Gasteiger partial charge in [-0.25, -0.2) is 0 Å². The summed E-state index contributed by atoms with van der Waals surface area (Å²) in [5, 5.41) is 0. The molecule has 11 heavy (non-hydrogen) atoms. The second-order valence-corrected chi connectivity index (χ2v) is 4.73. The first-order chi connectivity index (χ1) is 5.20. The van der Waals surface area contributed by atoms with E-state index in [4.69, 9.17) is 5.73 Å². The van der Waals surface area contributed by atoms with Crippen molar-refractivity contribution in [2.75, 3.05) is 0 Å². The summed E-state index contributed by atoms with van der Waals surface area (Å²) in [4.78, 5) is 0. The molecule has 0 spiro atoms. The normalized spacial score (nSPS) is 49.1. The van der Waals surface area contributed by atoms with Gasteiger partial charge in [0.15, 0.2) is 0 Å². The van der Waals surface area contributed by atoms with Crippen LogP contribution in [0.1, 0.15) is 33.1 Å². The van der Waals surface area contributed by atoms with Crippen molar-refractivity contribution in [3.05, 3.63) is 0 Å². The first-order valence-corrected chi connectivity index (χ1v) is 4.95. The number of fused-ring (bicyclic) bond motifs is 2. The van der Waals surface area contributed by atoms with Gasteiger partial charge in [0.25, 0.3) is 0 Å². The van der Waals surface area contributed by atoms with Gasteiger partial charge in [0.2, 0.25) is 0 Å². The van der Waals surface area contributed by atoms with E-state index >= 15 is 0 Å². The molecule has 2 fully saturated rings. The molecule has 2 saturated carbocycles. The maximum atomic E-state index is 6.17. The molecular formula is C10H19N. The molecule has 0 aromatic rings. The summed E-state index contributed by atoms with van der Waals surface area (Å²) in [5.41, 5.74) is 6.17. The predicted octanol–water partition coefficient (Wildman–Crippen LogP) is 2.02. The van der Waals surface area contributed by atoms with Crippen molar-refractivity contribution in [1.82, 2.24) is 0 Å². The Hall–Kier alpha value is -0.0400. The van der Waals surface area contributed by atoms with E-state index in [1.165, 1.54) is 19.3 Å². The lowest BCUT2D eigenvalue weighted by Crippen LogP contribution is -2.38. The third kappa shape index (κ3) is 1.01. The highest BCUT2D eigenvalue weighted by molar-refractivity contribution is 4.99. The van der Waals surface area contributed by atoms with Crippen molar-refractivity contribution in [2.45, 2.75) is 39.2 Å². The van der Waals surface area contributed by atoms with Gasteiger partial charge in [-0.3, -0.25) is 0 Å². The lowest BCUT2D eigenvalue weighted by molar-refractivity contribution is 0.222. The Kier molecular flexibility index (Phi) is 1.71. The Labute approximate surface area is 69.4 Å². The van der Waals surface area contributed by atoms with Crippen LogP contribution in [-0.4, -0.2) is 6.04 Å². The highest BCUT2D eigenvalue weighted by Gasteiger charge is 2.46. The van der Waals surface area contributed by atoms with Gasteiger partial charge in [0.1, 0.15) is 0 Å². The first-order valence-electron chi connectivity index (χ1n) is 4.95. The van der Waals surface area contributed by atoms with Gasteiger partial charge in [-0.05, 0) is 42.9 Å². The van der Waals surface area contributed by atoms with Crippen molar-refractivity contribution in [1.29, 1.82) is 0 Å². The molecule has 1 heteroatoms. The van der Waals surface area contributed by atoms with E-state index in [9.17, 15) is 0 Å². The molecule has 0 heterocycles. The minimum atomic E-state index is 0.536. The zero-order valence-electron chi connectivity index (χ0n) is 7.59. The molecule has 2 aliphatic carbocycles. The predicted molar refractivity (Wildman–Crippen MR) is 47.1 cm³/mol. The smallest absolute Gasteiger partial charge is 0.0101 e. The third-order valence-electron chi connectivity index (χ3n) is 3.82. The summed E-state index contributed by atoms with van der Waals surface area (Å²) >= 11 is 0. The highest BCUT2D eigenvalue weighted by atomic mass is 14.7.